The molecule has 1 aromatic heterocycles. The number of benzene rings is 1. The van der Waals surface area contributed by atoms with Crippen molar-refractivity contribution in [1.29, 1.82) is 0 Å². The zero-order valence-corrected chi connectivity index (χ0v) is 12.6. The van der Waals surface area contributed by atoms with E-state index in [9.17, 15) is 4.39 Å². The summed E-state index contributed by atoms with van der Waals surface area (Å²) in [5.74, 6) is 0.576. The Morgan fingerprint density at radius 3 is 2.68 bits per heavy atom. The molecule has 6 heteroatoms. The first kappa shape index (κ1) is 14.6. The van der Waals surface area contributed by atoms with Gasteiger partial charge in [0.2, 0.25) is 0 Å². The second-order valence-electron chi connectivity index (χ2n) is 4.90. The number of aromatic nitrogens is 2. The van der Waals surface area contributed by atoms with E-state index in [1.807, 2.05) is 18.7 Å². The highest BCUT2D eigenvalue weighted by molar-refractivity contribution is 6.31. The average molecular weight is 304 g/mol. The lowest BCUT2D eigenvalue weighted by Gasteiger charge is -2.20. The molecule has 0 fully saturated rings. The number of hydrogen-bond acceptors (Lipinski definition) is 2. The lowest BCUT2D eigenvalue weighted by atomic mass is 10.2. The predicted octanol–water partition coefficient (Wildman–Crippen LogP) is 3.69. The highest BCUT2D eigenvalue weighted by Crippen LogP contribution is 2.27. The van der Waals surface area contributed by atoms with Gasteiger partial charge in [-0.1, -0.05) is 11.6 Å². The fourth-order valence-corrected chi connectivity index (χ4v) is 2.68. The molecule has 19 heavy (non-hydrogen) atoms. The van der Waals surface area contributed by atoms with E-state index in [2.05, 4.69) is 16.8 Å². The van der Waals surface area contributed by atoms with E-state index in [1.165, 1.54) is 6.07 Å². The molecule has 2 rings (SSSR count). The van der Waals surface area contributed by atoms with Crippen LogP contribution in [0, 0.1) is 5.82 Å². The van der Waals surface area contributed by atoms with Crippen LogP contribution in [0.4, 0.5) is 4.39 Å². The van der Waals surface area contributed by atoms with Crippen LogP contribution in [-0.4, -0.2) is 35.1 Å². The molecule has 0 saturated heterocycles. The van der Waals surface area contributed by atoms with Crippen molar-refractivity contribution in [2.75, 3.05) is 20.6 Å². The molecule has 1 heterocycles. The number of fused-ring (bicyclic) bond motifs is 1. The van der Waals surface area contributed by atoms with Crippen LogP contribution in [0.3, 0.4) is 0 Å². The van der Waals surface area contributed by atoms with Gasteiger partial charge in [-0.25, -0.2) is 9.37 Å². The summed E-state index contributed by atoms with van der Waals surface area (Å²) < 4.78 is 15.6. The van der Waals surface area contributed by atoms with Crippen LogP contribution in [0.25, 0.3) is 11.0 Å². The minimum atomic E-state index is -0.437. The van der Waals surface area contributed by atoms with Gasteiger partial charge in [-0.15, -0.1) is 11.6 Å². The second kappa shape index (κ2) is 5.65. The van der Waals surface area contributed by atoms with Gasteiger partial charge in [-0.2, -0.15) is 0 Å². The van der Waals surface area contributed by atoms with E-state index >= 15 is 0 Å². The van der Waals surface area contributed by atoms with Gasteiger partial charge in [0.15, 0.2) is 0 Å². The Kier molecular flexibility index (Phi) is 4.33. The molecule has 1 unspecified atom stereocenters. The van der Waals surface area contributed by atoms with E-state index in [4.69, 9.17) is 23.2 Å². The van der Waals surface area contributed by atoms with Crippen molar-refractivity contribution in [3.05, 3.63) is 28.8 Å². The second-order valence-corrected chi connectivity index (χ2v) is 5.57. The van der Waals surface area contributed by atoms with E-state index in [1.54, 1.807) is 6.07 Å². The Hall–Kier alpha value is -0.840. The van der Waals surface area contributed by atoms with Gasteiger partial charge >= 0.3 is 0 Å². The molecular weight excluding hydrogens is 288 g/mol. The zero-order valence-electron chi connectivity index (χ0n) is 11.1. The fraction of sp³-hybridized carbons (Fsp3) is 0.462. The molecule has 0 N–H and O–H groups in total. The zero-order chi connectivity index (χ0) is 14.2. The van der Waals surface area contributed by atoms with Crippen LogP contribution in [0.1, 0.15) is 18.8 Å². The summed E-state index contributed by atoms with van der Waals surface area (Å²) in [5.41, 5.74) is 1.40. The number of rotatable bonds is 4. The Bertz CT molecular complexity index is 595. The smallest absolute Gasteiger partial charge is 0.144 e. The summed E-state index contributed by atoms with van der Waals surface area (Å²) >= 11 is 11.7. The molecule has 2 aromatic rings. The van der Waals surface area contributed by atoms with E-state index in [0.29, 0.717) is 5.52 Å². The van der Waals surface area contributed by atoms with Crippen molar-refractivity contribution in [3.63, 3.8) is 0 Å². The SMILES string of the molecule is CC(CN(C)C)n1c(CCl)nc2cc(Cl)c(F)cc21. The first-order valence-corrected chi connectivity index (χ1v) is 6.91. The summed E-state index contributed by atoms with van der Waals surface area (Å²) in [4.78, 5) is 6.49. The van der Waals surface area contributed by atoms with Gasteiger partial charge in [0.05, 0.1) is 21.9 Å². The Morgan fingerprint density at radius 2 is 2.11 bits per heavy atom. The topological polar surface area (TPSA) is 21.1 Å². The molecule has 1 aromatic carbocycles. The Labute approximate surface area is 121 Å². The van der Waals surface area contributed by atoms with Crippen molar-refractivity contribution in [3.8, 4) is 0 Å². The lowest BCUT2D eigenvalue weighted by Crippen LogP contribution is -2.23. The number of alkyl halides is 1. The standard InChI is InChI=1S/C13H16Cl2FN3/c1-8(7-18(2)3)19-12-5-10(16)9(15)4-11(12)17-13(19)6-14/h4-5,8H,6-7H2,1-3H3. The van der Waals surface area contributed by atoms with E-state index in [-0.39, 0.29) is 16.9 Å². The molecule has 0 amide bonds. The molecule has 0 bridgehead atoms. The van der Waals surface area contributed by atoms with E-state index < -0.39 is 5.82 Å². The van der Waals surface area contributed by atoms with Gasteiger partial charge in [-0.3, -0.25) is 0 Å². The van der Waals surface area contributed by atoms with Crippen molar-refractivity contribution >= 4 is 34.2 Å². The monoisotopic (exact) mass is 303 g/mol. The van der Waals surface area contributed by atoms with E-state index in [0.717, 1.165) is 17.9 Å². The number of imidazole rings is 1. The third-order valence-corrected chi connectivity index (χ3v) is 3.52. The Morgan fingerprint density at radius 1 is 1.42 bits per heavy atom. The molecule has 0 spiro atoms. The van der Waals surface area contributed by atoms with Crippen LogP contribution >= 0.6 is 23.2 Å². The maximum Gasteiger partial charge on any atom is 0.144 e. The minimum absolute atomic E-state index is 0.0820. The summed E-state index contributed by atoms with van der Waals surface area (Å²) in [6.45, 7) is 2.88. The average Bonchev–Trinajstić information content (AvgIpc) is 2.66. The first-order valence-electron chi connectivity index (χ1n) is 6.00. The number of nitrogens with zero attached hydrogens (tertiary/aromatic N) is 3. The van der Waals surface area contributed by atoms with Gasteiger partial charge in [0.25, 0.3) is 0 Å². The van der Waals surface area contributed by atoms with Gasteiger partial charge < -0.3 is 9.47 Å². The molecule has 0 aliphatic carbocycles. The molecule has 1 atom stereocenters. The highest BCUT2D eigenvalue weighted by atomic mass is 35.5. The Balaban J connectivity index is 2.59. The van der Waals surface area contributed by atoms with Crippen molar-refractivity contribution in [2.24, 2.45) is 0 Å². The first-order chi connectivity index (χ1) is 8.93. The lowest BCUT2D eigenvalue weighted by molar-refractivity contribution is 0.337. The van der Waals surface area contributed by atoms with Crippen molar-refractivity contribution in [2.45, 2.75) is 18.8 Å². The molecule has 104 valence electrons. The van der Waals surface area contributed by atoms with Crippen molar-refractivity contribution < 1.29 is 4.39 Å². The normalized spacial score (nSPS) is 13.4. The van der Waals surface area contributed by atoms with Crippen LogP contribution in [0.5, 0.6) is 0 Å². The maximum atomic E-state index is 13.7. The molecule has 0 radical (unpaired) electrons. The number of halogens is 3. The molecule has 0 saturated carbocycles. The largest absolute Gasteiger partial charge is 0.323 e. The van der Waals surface area contributed by atoms with Gasteiger partial charge in [-0.05, 0) is 27.1 Å². The third-order valence-electron chi connectivity index (χ3n) is 2.99. The van der Waals surface area contributed by atoms with Crippen molar-refractivity contribution in [1.82, 2.24) is 14.5 Å². The fourth-order valence-electron chi connectivity index (χ4n) is 2.34. The molecular formula is C13H16Cl2FN3. The summed E-state index contributed by atoms with van der Waals surface area (Å²) in [5, 5.41) is 0.0820. The number of likely N-dealkylation sites (N-methyl/N-ethyl adjacent to an activating group) is 1. The quantitative estimate of drug-likeness (QED) is 0.803. The summed E-state index contributed by atoms with van der Waals surface area (Å²) in [6.07, 6.45) is 0. The molecule has 0 aliphatic rings. The minimum Gasteiger partial charge on any atom is -0.323 e. The van der Waals surface area contributed by atoms with Crippen LogP contribution in [0.2, 0.25) is 5.02 Å². The number of hydrogen-bond donors (Lipinski definition) is 0. The summed E-state index contributed by atoms with van der Waals surface area (Å²) in [7, 11) is 3.99. The maximum absolute atomic E-state index is 13.7. The third kappa shape index (κ3) is 2.86. The summed E-state index contributed by atoms with van der Waals surface area (Å²) in [6, 6.07) is 3.11. The molecule has 0 aliphatic heterocycles. The molecule has 3 nitrogen and oxygen atoms in total. The van der Waals surface area contributed by atoms with Crippen LogP contribution < -0.4 is 0 Å². The predicted molar refractivity (Wildman–Crippen MR) is 77.5 cm³/mol. The van der Waals surface area contributed by atoms with Crippen LogP contribution in [0.15, 0.2) is 12.1 Å². The van der Waals surface area contributed by atoms with Gasteiger partial charge in [0.1, 0.15) is 11.6 Å². The van der Waals surface area contributed by atoms with Gasteiger partial charge in [0, 0.05) is 18.7 Å². The van der Waals surface area contributed by atoms with Crippen LogP contribution in [-0.2, 0) is 5.88 Å². The highest BCUT2D eigenvalue weighted by Gasteiger charge is 2.17.